The maximum absolute atomic E-state index is 2.33. The molecule has 52 valence electrons. The SMILES string of the molecule is CSC1SC=CCN1C. The summed E-state index contributed by atoms with van der Waals surface area (Å²) in [6, 6.07) is 0. The van der Waals surface area contributed by atoms with E-state index in [4.69, 9.17) is 0 Å². The van der Waals surface area contributed by atoms with Crippen LogP contribution in [0.4, 0.5) is 0 Å². The van der Waals surface area contributed by atoms with Gasteiger partial charge in [-0.25, -0.2) is 0 Å². The number of hydrogen-bond acceptors (Lipinski definition) is 3. The van der Waals surface area contributed by atoms with Crippen molar-refractivity contribution in [1.29, 1.82) is 0 Å². The normalized spacial score (nSPS) is 28.9. The standard InChI is InChI=1S/C6H11NS2/c1-7-4-3-5-9-6(7)8-2/h3,5-6H,4H2,1-2H3. The molecule has 1 heterocycles. The Morgan fingerprint density at radius 2 is 2.56 bits per heavy atom. The maximum atomic E-state index is 2.33. The minimum Gasteiger partial charge on any atom is -0.282 e. The van der Waals surface area contributed by atoms with Gasteiger partial charge < -0.3 is 0 Å². The molecule has 1 aliphatic heterocycles. The van der Waals surface area contributed by atoms with E-state index in [-0.39, 0.29) is 0 Å². The fourth-order valence-electron chi connectivity index (χ4n) is 0.758. The number of rotatable bonds is 1. The number of hydrogen-bond donors (Lipinski definition) is 0. The van der Waals surface area contributed by atoms with E-state index in [9.17, 15) is 0 Å². The zero-order chi connectivity index (χ0) is 6.69. The molecule has 0 bridgehead atoms. The molecule has 0 aromatic rings. The molecule has 1 unspecified atom stereocenters. The molecule has 1 nitrogen and oxygen atoms in total. The van der Waals surface area contributed by atoms with Gasteiger partial charge in [-0.05, 0) is 18.7 Å². The summed E-state index contributed by atoms with van der Waals surface area (Å²) in [5.41, 5.74) is 0. The molecule has 0 saturated heterocycles. The van der Waals surface area contributed by atoms with E-state index in [1.807, 2.05) is 23.5 Å². The lowest BCUT2D eigenvalue weighted by atomic mass is 10.6. The predicted octanol–water partition coefficient (Wildman–Crippen LogP) is 1.83. The van der Waals surface area contributed by atoms with Crippen molar-refractivity contribution in [3.05, 3.63) is 11.5 Å². The first-order chi connectivity index (χ1) is 4.34. The quantitative estimate of drug-likeness (QED) is 0.577. The molecular formula is C6H11NS2. The van der Waals surface area contributed by atoms with Crippen LogP contribution in [0.2, 0.25) is 0 Å². The summed E-state index contributed by atoms with van der Waals surface area (Å²) in [6.07, 6.45) is 4.34. The zero-order valence-electron chi connectivity index (χ0n) is 5.70. The summed E-state index contributed by atoms with van der Waals surface area (Å²) in [5, 5.41) is 2.18. The third kappa shape index (κ3) is 1.92. The first-order valence-electron chi connectivity index (χ1n) is 2.88. The van der Waals surface area contributed by atoms with E-state index in [0.29, 0.717) is 4.71 Å². The van der Waals surface area contributed by atoms with Gasteiger partial charge in [-0.1, -0.05) is 6.08 Å². The minimum absolute atomic E-state index is 0.634. The zero-order valence-corrected chi connectivity index (χ0v) is 7.34. The molecule has 0 spiro atoms. The molecule has 0 aromatic heterocycles. The molecule has 9 heavy (non-hydrogen) atoms. The summed E-state index contributed by atoms with van der Waals surface area (Å²) < 4.78 is 0.634. The summed E-state index contributed by atoms with van der Waals surface area (Å²) in [5.74, 6) is 0. The summed E-state index contributed by atoms with van der Waals surface area (Å²) in [4.78, 5) is 2.33. The molecule has 0 N–H and O–H groups in total. The smallest absolute Gasteiger partial charge is 0.106 e. The number of likely N-dealkylation sites (N-methyl/N-ethyl adjacent to an activating group) is 1. The Bertz CT molecular complexity index is 114. The Labute approximate surface area is 64.9 Å². The van der Waals surface area contributed by atoms with Crippen LogP contribution in [0, 0.1) is 0 Å². The van der Waals surface area contributed by atoms with E-state index in [2.05, 4.69) is 29.7 Å². The molecule has 0 amide bonds. The van der Waals surface area contributed by atoms with Crippen molar-refractivity contribution in [3.63, 3.8) is 0 Å². The molecule has 1 atom stereocenters. The Hall–Kier alpha value is 0.400. The van der Waals surface area contributed by atoms with Gasteiger partial charge in [-0.15, -0.1) is 23.5 Å². The molecule has 0 fully saturated rings. The maximum Gasteiger partial charge on any atom is 0.106 e. The molecule has 0 saturated carbocycles. The highest BCUT2D eigenvalue weighted by Gasteiger charge is 2.13. The highest BCUT2D eigenvalue weighted by Crippen LogP contribution is 2.27. The third-order valence-electron chi connectivity index (χ3n) is 1.25. The average Bonchev–Trinajstić information content (AvgIpc) is 1.89. The molecule has 1 aliphatic rings. The Morgan fingerprint density at radius 1 is 1.78 bits per heavy atom. The average molecular weight is 161 g/mol. The van der Waals surface area contributed by atoms with Crippen LogP contribution >= 0.6 is 23.5 Å². The van der Waals surface area contributed by atoms with Gasteiger partial charge in [0.15, 0.2) is 0 Å². The van der Waals surface area contributed by atoms with Crippen LogP contribution in [0.1, 0.15) is 0 Å². The van der Waals surface area contributed by atoms with Crippen molar-refractivity contribution < 1.29 is 0 Å². The second-order valence-corrected chi connectivity index (χ2v) is 4.20. The van der Waals surface area contributed by atoms with E-state index in [1.165, 1.54) is 0 Å². The van der Waals surface area contributed by atoms with Crippen LogP contribution in [0.15, 0.2) is 11.5 Å². The van der Waals surface area contributed by atoms with E-state index < -0.39 is 0 Å². The third-order valence-corrected chi connectivity index (χ3v) is 3.86. The van der Waals surface area contributed by atoms with Crippen LogP contribution in [-0.2, 0) is 0 Å². The summed E-state index contributed by atoms with van der Waals surface area (Å²) in [6.45, 7) is 1.10. The topological polar surface area (TPSA) is 3.24 Å². The molecule has 0 radical (unpaired) electrons. The molecule has 0 aromatic carbocycles. The Balaban J connectivity index is 2.43. The highest BCUT2D eigenvalue weighted by atomic mass is 32.2. The fourth-order valence-corrected chi connectivity index (χ4v) is 2.47. The molecule has 1 rings (SSSR count). The highest BCUT2D eigenvalue weighted by molar-refractivity contribution is 8.18. The van der Waals surface area contributed by atoms with Crippen LogP contribution in [0.5, 0.6) is 0 Å². The second-order valence-electron chi connectivity index (χ2n) is 1.99. The van der Waals surface area contributed by atoms with Crippen molar-refractivity contribution in [2.45, 2.75) is 4.71 Å². The number of thioether (sulfide) groups is 2. The minimum atomic E-state index is 0.634. The summed E-state index contributed by atoms with van der Waals surface area (Å²) >= 11 is 3.77. The van der Waals surface area contributed by atoms with E-state index >= 15 is 0 Å². The van der Waals surface area contributed by atoms with Crippen LogP contribution in [0.25, 0.3) is 0 Å². The van der Waals surface area contributed by atoms with Gasteiger partial charge >= 0.3 is 0 Å². The van der Waals surface area contributed by atoms with Crippen molar-refractivity contribution in [3.8, 4) is 0 Å². The predicted molar refractivity (Wildman–Crippen MR) is 46.7 cm³/mol. The van der Waals surface area contributed by atoms with Gasteiger partial charge in [0.2, 0.25) is 0 Å². The first-order valence-corrected chi connectivity index (χ1v) is 5.11. The first kappa shape index (κ1) is 7.51. The molecular weight excluding hydrogens is 150 g/mol. The van der Waals surface area contributed by atoms with Crippen LogP contribution in [-0.4, -0.2) is 29.5 Å². The van der Waals surface area contributed by atoms with Crippen molar-refractivity contribution >= 4 is 23.5 Å². The largest absolute Gasteiger partial charge is 0.282 e. The van der Waals surface area contributed by atoms with Crippen LogP contribution in [0.3, 0.4) is 0 Å². The summed E-state index contributed by atoms with van der Waals surface area (Å²) in [7, 11) is 2.15. The fraction of sp³-hybridized carbons (Fsp3) is 0.667. The van der Waals surface area contributed by atoms with Gasteiger partial charge in [-0.3, -0.25) is 4.90 Å². The second kappa shape index (κ2) is 3.54. The van der Waals surface area contributed by atoms with Gasteiger partial charge in [0.05, 0.1) is 0 Å². The lowest BCUT2D eigenvalue weighted by Crippen LogP contribution is -2.27. The Morgan fingerprint density at radius 3 is 3.00 bits per heavy atom. The van der Waals surface area contributed by atoms with Gasteiger partial charge in [0, 0.05) is 6.54 Å². The van der Waals surface area contributed by atoms with Gasteiger partial charge in [0.25, 0.3) is 0 Å². The number of nitrogens with zero attached hydrogens (tertiary/aromatic N) is 1. The monoisotopic (exact) mass is 161 g/mol. The van der Waals surface area contributed by atoms with Gasteiger partial charge in [0.1, 0.15) is 4.71 Å². The van der Waals surface area contributed by atoms with Crippen molar-refractivity contribution in [1.82, 2.24) is 4.90 Å². The van der Waals surface area contributed by atoms with Crippen molar-refractivity contribution in [2.24, 2.45) is 0 Å². The van der Waals surface area contributed by atoms with E-state index in [1.54, 1.807) is 0 Å². The lowest BCUT2D eigenvalue weighted by molar-refractivity contribution is 0.413. The van der Waals surface area contributed by atoms with Gasteiger partial charge in [-0.2, -0.15) is 0 Å². The molecule has 0 aliphatic carbocycles. The Kier molecular flexibility index (Phi) is 2.95. The molecule has 3 heteroatoms. The van der Waals surface area contributed by atoms with Crippen LogP contribution < -0.4 is 0 Å². The van der Waals surface area contributed by atoms with Crippen molar-refractivity contribution in [2.75, 3.05) is 19.8 Å². The van der Waals surface area contributed by atoms with E-state index in [0.717, 1.165) is 6.54 Å². The lowest BCUT2D eigenvalue weighted by Gasteiger charge is -2.26.